The van der Waals surface area contributed by atoms with Crippen LogP contribution < -0.4 is 20.3 Å². The quantitative estimate of drug-likeness (QED) is 0.580. The van der Waals surface area contributed by atoms with Gasteiger partial charge in [-0.3, -0.25) is 0 Å². The minimum absolute atomic E-state index is 0.385. The van der Waals surface area contributed by atoms with Crippen LogP contribution in [-0.4, -0.2) is 24.3 Å². The Hall–Kier alpha value is -2.27. The third-order valence-electron chi connectivity index (χ3n) is 6.13. The third kappa shape index (κ3) is 5.88. The van der Waals surface area contributed by atoms with Crippen LogP contribution in [0.15, 0.2) is 48.5 Å². The molecule has 0 aromatic heterocycles. The van der Waals surface area contributed by atoms with Crippen LogP contribution in [0.2, 0.25) is 0 Å². The van der Waals surface area contributed by atoms with Gasteiger partial charge in [0.2, 0.25) is 0 Å². The number of thiocarbonyl (C=S) groups is 1. The first-order valence-electron chi connectivity index (χ1n) is 11.3. The van der Waals surface area contributed by atoms with Gasteiger partial charge in [0.1, 0.15) is 5.75 Å². The fourth-order valence-corrected chi connectivity index (χ4v) is 4.61. The first-order valence-corrected chi connectivity index (χ1v) is 11.7. The SMILES string of the molecule is C[C@H]1CCCN(c2ccc(CNC(=S)Nc3ccc(OC4CCCC4)cc3)cc2)C1. The van der Waals surface area contributed by atoms with Crippen molar-refractivity contribution in [3.8, 4) is 5.75 Å². The zero-order chi connectivity index (χ0) is 20.8. The molecule has 1 heterocycles. The number of nitrogens with zero attached hydrogens (tertiary/aromatic N) is 1. The van der Waals surface area contributed by atoms with Gasteiger partial charge in [-0.2, -0.15) is 0 Å². The second kappa shape index (κ2) is 10.2. The van der Waals surface area contributed by atoms with Crippen molar-refractivity contribution < 1.29 is 4.74 Å². The molecule has 1 atom stereocenters. The number of nitrogens with one attached hydrogen (secondary N) is 2. The van der Waals surface area contributed by atoms with Crippen LogP contribution >= 0.6 is 12.2 Å². The Morgan fingerprint density at radius 3 is 2.43 bits per heavy atom. The summed E-state index contributed by atoms with van der Waals surface area (Å²) in [6, 6.07) is 16.9. The summed E-state index contributed by atoms with van der Waals surface area (Å²) in [5.41, 5.74) is 3.53. The number of hydrogen-bond donors (Lipinski definition) is 2. The highest BCUT2D eigenvalue weighted by atomic mass is 32.1. The molecule has 0 spiro atoms. The van der Waals surface area contributed by atoms with E-state index >= 15 is 0 Å². The van der Waals surface area contributed by atoms with Crippen LogP contribution in [0.25, 0.3) is 0 Å². The van der Waals surface area contributed by atoms with Crippen LogP contribution in [0, 0.1) is 5.92 Å². The van der Waals surface area contributed by atoms with Crippen molar-refractivity contribution in [2.45, 2.75) is 58.1 Å². The summed E-state index contributed by atoms with van der Waals surface area (Å²) in [4.78, 5) is 2.50. The molecule has 0 bridgehead atoms. The van der Waals surface area contributed by atoms with Crippen molar-refractivity contribution in [2.75, 3.05) is 23.3 Å². The predicted octanol–water partition coefficient (Wildman–Crippen LogP) is 5.73. The van der Waals surface area contributed by atoms with E-state index < -0.39 is 0 Å². The number of piperidine rings is 1. The smallest absolute Gasteiger partial charge is 0.171 e. The average Bonchev–Trinajstić information content (AvgIpc) is 3.27. The normalized spacial score (nSPS) is 19.5. The molecule has 2 aliphatic rings. The Balaban J connectivity index is 1.22. The largest absolute Gasteiger partial charge is 0.490 e. The molecule has 30 heavy (non-hydrogen) atoms. The van der Waals surface area contributed by atoms with Crippen LogP contribution in [-0.2, 0) is 6.54 Å². The van der Waals surface area contributed by atoms with Crippen molar-refractivity contribution in [2.24, 2.45) is 5.92 Å². The fraction of sp³-hybridized carbons (Fsp3) is 0.480. The minimum atomic E-state index is 0.385. The lowest BCUT2D eigenvalue weighted by molar-refractivity contribution is 0.210. The first kappa shape index (κ1) is 21.0. The van der Waals surface area contributed by atoms with E-state index in [2.05, 4.69) is 46.7 Å². The summed E-state index contributed by atoms with van der Waals surface area (Å²) in [6.45, 7) is 5.39. The lowest BCUT2D eigenvalue weighted by Gasteiger charge is -2.32. The summed E-state index contributed by atoms with van der Waals surface area (Å²) in [5, 5.41) is 7.19. The summed E-state index contributed by atoms with van der Waals surface area (Å²) in [6.07, 6.45) is 7.93. The van der Waals surface area contributed by atoms with Crippen LogP contribution in [0.3, 0.4) is 0 Å². The number of ether oxygens (including phenoxy) is 1. The van der Waals surface area contributed by atoms with Crippen LogP contribution in [0.1, 0.15) is 51.0 Å². The highest BCUT2D eigenvalue weighted by molar-refractivity contribution is 7.80. The van der Waals surface area contributed by atoms with Gasteiger partial charge in [-0.25, -0.2) is 0 Å². The molecule has 1 aliphatic carbocycles. The Bertz CT molecular complexity index is 815. The summed E-state index contributed by atoms with van der Waals surface area (Å²) in [5.74, 6) is 1.72. The maximum Gasteiger partial charge on any atom is 0.171 e. The maximum absolute atomic E-state index is 6.02. The van der Waals surface area contributed by atoms with Gasteiger partial charge >= 0.3 is 0 Å². The molecule has 1 aliphatic heterocycles. The van der Waals surface area contributed by atoms with Gasteiger partial charge in [-0.15, -0.1) is 0 Å². The minimum Gasteiger partial charge on any atom is -0.490 e. The molecule has 2 aromatic rings. The second-order valence-electron chi connectivity index (χ2n) is 8.72. The molecule has 0 amide bonds. The van der Waals surface area contributed by atoms with E-state index in [1.54, 1.807) is 0 Å². The summed E-state index contributed by atoms with van der Waals surface area (Å²) < 4.78 is 6.02. The van der Waals surface area contributed by atoms with Crippen LogP contribution in [0.5, 0.6) is 5.75 Å². The molecular weight excluding hydrogens is 390 g/mol. The lowest BCUT2D eigenvalue weighted by atomic mass is 9.99. The molecule has 4 nitrogen and oxygen atoms in total. The highest BCUT2D eigenvalue weighted by Gasteiger charge is 2.17. The Morgan fingerprint density at radius 1 is 1.00 bits per heavy atom. The monoisotopic (exact) mass is 423 g/mol. The van der Waals surface area contributed by atoms with Crippen molar-refractivity contribution in [3.63, 3.8) is 0 Å². The molecule has 2 fully saturated rings. The molecule has 5 heteroatoms. The third-order valence-corrected chi connectivity index (χ3v) is 6.38. The Morgan fingerprint density at radius 2 is 1.73 bits per heavy atom. The van der Waals surface area contributed by atoms with Crippen molar-refractivity contribution >= 4 is 28.7 Å². The number of benzene rings is 2. The van der Waals surface area contributed by atoms with E-state index in [-0.39, 0.29) is 0 Å². The van der Waals surface area contributed by atoms with E-state index in [1.165, 1.54) is 56.3 Å². The van der Waals surface area contributed by atoms with Crippen LogP contribution in [0.4, 0.5) is 11.4 Å². The molecule has 2 N–H and O–H groups in total. The highest BCUT2D eigenvalue weighted by Crippen LogP contribution is 2.25. The Labute approximate surface area is 186 Å². The van der Waals surface area contributed by atoms with Gasteiger partial charge in [0.05, 0.1) is 6.10 Å². The zero-order valence-electron chi connectivity index (χ0n) is 17.9. The zero-order valence-corrected chi connectivity index (χ0v) is 18.7. The van der Waals surface area contributed by atoms with Crippen molar-refractivity contribution in [1.29, 1.82) is 0 Å². The summed E-state index contributed by atoms with van der Waals surface area (Å²) in [7, 11) is 0. The first-order chi connectivity index (χ1) is 14.7. The van der Waals surface area contributed by atoms with Gasteiger partial charge < -0.3 is 20.3 Å². The second-order valence-corrected chi connectivity index (χ2v) is 9.12. The van der Waals surface area contributed by atoms with Gasteiger partial charge in [-0.05, 0) is 98.6 Å². The standard InChI is InChI=1S/C25H33N3OS/c1-19-5-4-16-28(18-19)22-12-8-20(9-13-22)17-26-25(30)27-21-10-14-24(15-11-21)29-23-6-2-3-7-23/h8-15,19,23H,2-7,16-18H2,1H3,(H2,26,27,30)/t19-/m0/s1. The van der Waals surface area contributed by atoms with E-state index in [0.29, 0.717) is 17.8 Å². The van der Waals surface area contributed by atoms with E-state index in [0.717, 1.165) is 23.9 Å². The van der Waals surface area contributed by atoms with Gasteiger partial charge in [0, 0.05) is 31.0 Å². The Kier molecular flexibility index (Phi) is 7.11. The van der Waals surface area contributed by atoms with Crippen molar-refractivity contribution in [3.05, 3.63) is 54.1 Å². The molecule has 1 saturated heterocycles. The summed E-state index contributed by atoms with van der Waals surface area (Å²) >= 11 is 5.46. The lowest BCUT2D eigenvalue weighted by Crippen LogP contribution is -2.34. The number of rotatable bonds is 6. The molecular formula is C25H33N3OS. The number of anilines is 2. The van der Waals surface area contributed by atoms with Gasteiger partial charge in [-0.1, -0.05) is 19.1 Å². The molecule has 1 saturated carbocycles. The fourth-order valence-electron chi connectivity index (χ4n) is 4.42. The molecule has 2 aromatic carbocycles. The van der Waals surface area contributed by atoms with Crippen molar-refractivity contribution in [1.82, 2.24) is 5.32 Å². The molecule has 4 rings (SSSR count). The molecule has 160 valence electrons. The van der Waals surface area contributed by atoms with Gasteiger partial charge in [0.25, 0.3) is 0 Å². The number of hydrogen-bond acceptors (Lipinski definition) is 3. The predicted molar refractivity (Wildman–Crippen MR) is 129 cm³/mol. The van der Waals surface area contributed by atoms with E-state index in [4.69, 9.17) is 17.0 Å². The van der Waals surface area contributed by atoms with E-state index in [1.807, 2.05) is 24.3 Å². The van der Waals surface area contributed by atoms with E-state index in [9.17, 15) is 0 Å². The molecule has 0 unspecified atom stereocenters. The average molecular weight is 424 g/mol. The topological polar surface area (TPSA) is 36.5 Å². The maximum atomic E-state index is 6.02. The molecule has 0 radical (unpaired) electrons. The van der Waals surface area contributed by atoms with Gasteiger partial charge in [0.15, 0.2) is 5.11 Å².